The van der Waals surface area contributed by atoms with Crippen LogP contribution in [0.25, 0.3) is 0 Å². The van der Waals surface area contributed by atoms with E-state index < -0.39 is 10.3 Å². The van der Waals surface area contributed by atoms with Crippen LogP contribution in [-0.2, 0) is 10.3 Å². The predicted molar refractivity (Wildman–Crippen MR) is 40.2 cm³/mol. The quantitative estimate of drug-likeness (QED) is 0.280. The Morgan fingerprint density at radius 2 is 2.00 bits per heavy atom. The zero-order chi connectivity index (χ0) is 8.04. The minimum atomic E-state index is -3.95. The maximum atomic E-state index is 10.0. The summed E-state index contributed by atoms with van der Waals surface area (Å²) in [5.74, 6) is 0. The second-order valence-electron chi connectivity index (χ2n) is 2.08. The first-order valence-corrected chi connectivity index (χ1v) is 4.72. The smallest absolute Gasteiger partial charge is 1.00 e. The van der Waals surface area contributed by atoms with Crippen LogP contribution in [0.1, 0.15) is 27.6 Å². The molecule has 0 aliphatic rings. The summed E-state index contributed by atoms with van der Waals surface area (Å²) in [6.07, 6.45) is 2.78. The zero-order valence-electron chi connectivity index (χ0n) is 8.00. The van der Waals surface area contributed by atoms with E-state index in [1.54, 1.807) is 0 Å². The maximum absolute atomic E-state index is 10.0. The standard InChI is InChI=1S/C5H13NO3S.Li.H/c1-2-3-4-5-6-10(7,8)9;;/h6H,2-5H2,1H3,(H,7,8,9);;/q;+1;-1. The molecular formula is C5H14LiNO3S. The third-order valence-electron chi connectivity index (χ3n) is 1.06. The van der Waals surface area contributed by atoms with Gasteiger partial charge in [0.15, 0.2) is 0 Å². The third kappa shape index (κ3) is 13.5. The molecular weight excluding hydrogens is 161 g/mol. The third-order valence-corrected chi connectivity index (χ3v) is 1.63. The Hall–Kier alpha value is 0.467. The van der Waals surface area contributed by atoms with Gasteiger partial charge in [0.05, 0.1) is 0 Å². The summed E-state index contributed by atoms with van der Waals surface area (Å²) in [6, 6.07) is 0. The van der Waals surface area contributed by atoms with Crippen LogP contribution in [0.15, 0.2) is 0 Å². The van der Waals surface area contributed by atoms with Gasteiger partial charge in [0.2, 0.25) is 0 Å². The van der Waals surface area contributed by atoms with Gasteiger partial charge in [-0.1, -0.05) is 19.8 Å². The van der Waals surface area contributed by atoms with E-state index in [1.807, 2.05) is 11.6 Å². The molecule has 0 fully saturated rings. The van der Waals surface area contributed by atoms with Crippen molar-refractivity contribution in [2.45, 2.75) is 26.2 Å². The van der Waals surface area contributed by atoms with Gasteiger partial charge in [-0.2, -0.15) is 13.1 Å². The number of nitrogens with one attached hydrogen (secondary N) is 1. The molecule has 4 nitrogen and oxygen atoms in total. The Kier molecular flexibility index (Phi) is 9.09. The van der Waals surface area contributed by atoms with Gasteiger partial charge in [-0.25, -0.2) is 0 Å². The van der Waals surface area contributed by atoms with Crippen LogP contribution < -0.4 is 23.6 Å². The summed E-state index contributed by atoms with van der Waals surface area (Å²) in [7, 11) is -3.95. The molecule has 0 atom stereocenters. The number of rotatable bonds is 5. The molecule has 0 saturated heterocycles. The number of hydrogen-bond acceptors (Lipinski definition) is 2. The molecule has 0 amide bonds. The van der Waals surface area contributed by atoms with Crippen molar-refractivity contribution in [2.24, 2.45) is 0 Å². The van der Waals surface area contributed by atoms with E-state index in [0.717, 1.165) is 19.3 Å². The van der Waals surface area contributed by atoms with Crippen LogP contribution in [0.3, 0.4) is 0 Å². The van der Waals surface area contributed by atoms with Crippen LogP contribution >= 0.6 is 0 Å². The van der Waals surface area contributed by atoms with E-state index in [2.05, 4.69) is 0 Å². The molecule has 0 aliphatic carbocycles. The molecule has 0 saturated carbocycles. The van der Waals surface area contributed by atoms with E-state index >= 15 is 0 Å². The summed E-state index contributed by atoms with van der Waals surface area (Å²) >= 11 is 0. The average Bonchev–Trinajstić information content (AvgIpc) is 1.78. The van der Waals surface area contributed by atoms with E-state index in [-0.39, 0.29) is 20.3 Å². The average molecular weight is 175 g/mol. The Morgan fingerprint density at radius 1 is 1.45 bits per heavy atom. The van der Waals surface area contributed by atoms with Gasteiger partial charge >= 0.3 is 29.2 Å². The minimum absolute atomic E-state index is 0. The second kappa shape index (κ2) is 7.13. The van der Waals surface area contributed by atoms with Crippen molar-refractivity contribution < 1.29 is 33.3 Å². The van der Waals surface area contributed by atoms with Gasteiger partial charge in [-0.15, -0.1) is 0 Å². The summed E-state index contributed by atoms with van der Waals surface area (Å²) < 4.78 is 30.2. The van der Waals surface area contributed by atoms with E-state index in [4.69, 9.17) is 4.55 Å². The van der Waals surface area contributed by atoms with Gasteiger partial charge in [0, 0.05) is 6.54 Å². The SMILES string of the molecule is CCCCCNS(=O)(=O)O.[H-].[Li+]. The monoisotopic (exact) mass is 175 g/mol. The van der Waals surface area contributed by atoms with E-state index in [9.17, 15) is 8.42 Å². The van der Waals surface area contributed by atoms with Gasteiger partial charge in [0.25, 0.3) is 0 Å². The van der Waals surface area contributed by atoms with Gasteiger partial charge in [-0.05, 0) is 6.42 Å². The van der Waals surface area contributed by atoms with Crippen LogP contribution in [0.4, 0.5) is 0 Å². The molecule has 0 unspecified atom stereocenters. The molecule has 0 heterocycles. The molecule has 6 heteroatoms. The Bertz CT molecular complexity index is 174. The molecule has 2 N–H and O–H groups in total. The zero-order valence-corrected chi connectivity index (χ0v) is 7.82. The normalized spacial score (nSPS) is 10.7. The maximum Gasteiger partial charge on any atom is 1.00 e. The van der Waals surface area contributed by atoms with Crippen molar-refractivity contribution in [3.63, 3.8) is 0 Å². The van der Waals surface area contributed by atoms with Crippen LogP contribution in [0.5, 0.6) is 0 Å². The molecule has 11 heavy (non-hydrogen) atoms. The van der Waals surface area contributed by atoms with Gasteiger partial charge in [0.1, 0.15) is 0 Å². The first-order chi connectivity index (χ1) is 4.56. The van der Waals surface area contributed by atoms with Gasteiger partial charge < -0.3 is 1.43 Å². The fraction of sp³-hybridized carbons (Fsp3) is 1.00. The molecule has 0 rings (SSSR count). The molecule has 64 valence electrons. The van der Waals surface area contributed by atoms with Crippen molar-refractivity contribution in [1.82, 2.24) is 4.72 Å². The summed E-state index contributed by atoms with van der Waals surface area (Å²) in [5, 5.41) is 0. The van der Waals surface area contributed by atoms with Crippen molar-refractivity contribution >= 4 is 10.3 Å². The Morgan fingerprint density at radius 3 is 2.36 bits per heavy atom. The van der Waals surface area contributed by atoms with Crippen molar-refractivity contribution in [3.05, 3.63) is 0 Å². The van der Waals surface area contributed by atoms with Crippen LogP contribution in [-0.4, -0.2) is 19.5 Å². The molecule has 0 bridgehead atoms. The summed E-state index contributed by atoms with van der Waals surface area (Å²) in [4.78, 5) is 0. The fourth-order valence-corrected chi connectivity index (χ4v) is 0.978. The van der Waals surface area contributed by atoms with Crippen molar-refractivity contribution in [3.8, 4) is 0 Å². The van der Waals surface area contributed by atoms with Gasteiger partial charge in [-0.3, -0.25) is 4.55 Å². The Labute approximate surface area is 81.3 Å². The number of hydrogen-bond donors (Lipinski definition) is 2. The molecule has 0 aliphatic heterocycles. The van der Waals surface area contributed by atoms with Crippen LogP contribution in [0, 0.1) is 0 Å². The number of unbranched alkanes of at least 4 members (excludes halogenated alkanes) is 2. The van der Waals surface area contributed by atoms with Crippen molar-refractivity contribution in [1.29, 1.82) is 0 Å². The first kappa shape index (κ1) is 14.0. The first-order valence-electron chi connectivity index (χ1n) is 3.28. The molecule has 0 spiro atoms. The predicted octanol–water partition coefficient (Wildman–Crippen LogP) is -2.31. The minimum Gasteiger partial charge on any atom is -1.00 e. The second-order valence-corrected chi connectivity index (χ2v) is 3.32. The van der Waals surface area contributed by atoms with Crippen molar-refractivity contribution in [2.75, 3.05) is 6.54 Å². The summed E-state index contributed by atoms with van der Waals surface area (Å²) in [5.41, 5.74) is 0. The van der Waals surface area contributed by atoms with E-state index in [1.165, 1.54) is 0 Å². The van der Waals surface area contributed by atoms with E-state index in [0.29, 0.717) is 6.54 Å². The Balaban J connectivity index is -0.000000405. The summed E-state index contributed by atoms with van der Waals surface area (Å²) in [6.45, 7) is 2.35. The molecule has 0 aromatic carbocycles. The molecule has 0 aromatic rings. The molecule has 0 aromatic heterocycles. The fourth-order valence-electron chi connectivity index (χ4n) is 0.576. The topological polar surface area (TPSA) is 66.4 Å². The largest absolute Gasteiger partial charge is 1.00 e. The van der Waals surface area contributed by atoms with Crippen LogP contribution in [0.2, 0.25) is 0 Å². The molecule has 0 radical (unpaired) electrons.